The molecule has 7 heteroatoms. The molecule has 0 bridgehead atoms. The first kappa shape index (κ1) is 14.1. The van der Waals surface area contributed by atoms with Gasteiger partial charge in [0, 0.05) is 23.9 Å². The summed E-state index contributed by atoms with van der Waals surface area (Å²) in [5, 5.41) is 12.1. The molecule has 0 saturated carbocycles. The average Bonchev–Trinajstić information content (AvgIpc) is 2.47. The van der Waals surface area contributed by atoms with Crippen molar-refractivity contribution in [2.45, 2.75) is 16.8 Å². The minimum atomic E-state index is -0.210. The monoisotopic (exact) mass is 290 g/mol. The molecule has 0 fully saturated rings. The number of benzene rings is 1. The molecule has 0 saturated heterocycles. The summed E-state index contributed by atoms with van der Waals surface area (Å²) in [7, 11) is 0. The van der Waals surface area contributed by atoms with Gasteiger partial charge in [-0.1, -0.05) is 47.2 Å². The lowest BCUT2D eigenvalue weighted by Gasteiger charge is -2.15. The SMILES string of the molecule is NC(CC(Sc1nccc(=O)[nH]1)c1ccccc1)=NO. The van der Waals surface area contributed by atoms with Crippen molar-refractivity contribution in [3.05, 3.63) is 58.5 Å². The van der Waals surface area contributed by atoms with Gasteiger partial charge in [-0.2, -0.15) is 0 Å². The van der Waals surface area contributed by atoms with Crippen molar-refractivity contribution in [2.24, 2.45) is 10.9 Å². The number of thioether (sulfide) groups is 1. The van der Waals surface area contributed by atoms with E-state index in [-0.39, 0.29) is 16.6 Å². The van der Waals surface area contributed by atoms with Crippen LogP contribution in [0.1, 0.15) is 17.2 Å². The number of nitrogens with two attached hydrogens (primary N) is 1. The Hall–Kier alpha value is -2.28. The third kappa shape index (κ3) is 3.86. The van der Waals surface area contributed by atoms with Crippen LogP contribution in [-0.2, 0) is 0 Å². The molecule has 1 aromatic carbocycles. The van der Waals surface area contributed by atoms with Crippen molar-refractivity contribution in [1.29, 1.82) is 0 Å². The van der Waals surface area contributed by atoms with Gasteiger partial charge in [-0.25, -0.2) is 4.98 Å². The van der Waals surface area contributed by atoms with Crippen LogP contribution in [0.4, 0.5) is 0 Å². The summed E-state index contributed by atoms with van der Waals surface area (Å²) in [6, 6.07) is 11.0. The summed E-state index contributed by atoms with van der Waals surface area (Å²) >= 11 is 1.36. The summed E-state index contributed by atoms with van der Waals surface area (Å²) in [5.74, 6) is 0.129. The van der Waals surface area contributed by atoms with Crippen LogP contribution in [0.2, 0.25) is 0 Å². The maximum atomic E-state index is 11.3. The zero-order chi connectivity index (χ0) is 14.4. The molecule has 0 aliphatic heterocycles. The van der Waals surface area contributed by atoms with Crippen LogP contribution in [0, 0.1) is 0 Å². The number of aromatic nitrogens is 2. The first-order valence-corrected chi connectivity index (χ1v) is 6.80. The second kappa shape index (κ2) is 6.76. The van der Waals surface area contributed by atoms with Gasteiger partial charge in [-0.3, -0.25) is 4.79 Å². The molecule has 0 radical (unpaired) electrons. The van der Waals surface area contributed by atoms with E-state index >= 15 is 0 Å². The van der Waals surface area contributed by atoms with E-state index in [1.54, 1.807) is 0 Å². The summed E-state index contributed by atoms with van der Waals surface area (Å²) < 4.78 is 0. The van der Waals surface area contributed by atoms with E-state index in [1.165, 1.54) is 24.0 Å². The summed E-state index contributed by atoms with van der Waals surface area (Å²) in [6.45, 7) is 0. The Balaban J connectivity index is 2.25. The Bertz CT molecular complexity index is 642. The van der Waals surface area contributed by atoms with E-state index in [2.05, 4.69) is 15.1 Å². The highest BCUT2D eigenvalue weighted by Gasteiger charge is 2.16. The van der Waals surface area contributed by atoms with Gasteiger partial charge in [0.05, 0.1) is 0 Å². The number of hydrogen-bond acceptors (Lipinski definition) is 5. The number of nitrogens with one attached hydrogen (secondary N) is 1. The van der Waals surface area contributed by atoms with Crippen molar-refractivity contribution in [2.75, 3.05) is 0 Å². The molecule has 2 aromatic rings. The standard InChI is InChI=1S/C13H14N4O2S/c14-11(17-19)8-10(9-4-2-1-3-5-9)20-13-15-7-6-12(18)16-13/h1-7,10,19H,8H2,(H2,14,17)(H,15,16,18). The van der Waals surface area contributed by atoms with Crippen molar-refractivity contribution in [1.82, 2.24) is 9.97 Å². The highest BCUT2D eigenvalue weighted by atomic mass is 32.2. The molecule has 1 atom stereocenters. The summed E-state index contributed by atoms with van der Waals surface area (Å²) in [6.07, 6.45) is 1.80. The second-order valence-electron chi connectivity index (χ2n) is 4.05. The van der Waals surface area contributed by atoms with E-state index in [4.69, 9.17) is 10.9 Å². The van der Waals surface area contributed by atoms with Crippen molar-refractivity contribution in [3.8, 4) is 0 Å². The number of amidine groups is 1. The fraction of sp³-hybridized carbons (Fsp3) is 0.154. The van der Waals surface area contributed by atoms with Crippen LogP contribution in [0.15, 0.2) is 57.7 Å². The normalized spacial score (nSPS) is 13.1. The first-order valence-electron chi connectivity index (χ1n) is 5.92. The highest BCUT2D eigenvalue weighted by Crippen LogP contribution is 2.35. The van der Waals surface area contributed by atoms with Gasteiger partial charge in [0.25, 0.3) is 5.56 Å². The fourth-order valence-corrected chi connectivity index (χ4v) is 2.77. The Labute approximate surface area is 119 Å². The molecule has 0 aliphatic rings. The number of hydrogen-bond donors (Lipinski definition) is 3. The molecule has 0 spiro atoms. The van der Waals surface area contributed by atoms with Gasteiger partial charge in [0.2, 0.25) is 0 Å². The molecule has 20 heavy (non-hydrogen) atoms. The minimum Gasteiger partial charge on any atom is -0.409 e. The van der Waals surface area contributed by atoms with Crippen molar-refractivity contribution < 1.29 is 5.21 Å². The van der Waals surface area contributed by atoms with E-state index in [0.29, 0.717) is 11.6 Å². The zero-order valence-corrected chi connectivity index (χ0v) is 11.4. The highest BCUT2D eigenvalue weighted by molar-refractivity contribution is 7.99. The maximum Gasteiger partial charge on any atom is 0.251 e. The predicted octanol–water partition coefficient (Wildman–Crippen LogP) is 1.74. The number of H-pyrrole nitrogens is 1. The Morgan fingerprint density at radius 2 is 2.15 bits per heavy atom. The Morgan fingerprint density at radius 1 is 1.40 bits per heavy atom. The van der Waals surface area contributed by atoms with E-state index in [9.17, 15) is 4.79 Å². The zero-order valence-electron chi connectivity index (χ0n) is 10.6. The van der Waals surface area contributed by atoms with Crippen LogP contribution < -0.4 is 11.3 Å². The van der Waals surface area contributed by atoms with Gasteiger partial charge in [-0.15, -0.1) is 0 Å². The first-order chi connectivity index (χ1) is 9.69. The molecular formula is C13H14N4O2S. The van der Waals surface area contributed by atoms with Crippen LogP contribution in [0.25, 0.3) is 0 Å². The van der Waals surface area contributed by atoms with E-state index in [1.807, 2.05) is 30.3 Å². The topological polar surface area (TPSA) is 104 Å². The second-order valence-corrected chi connectivity index (χ2v) is 5.24. The summed E-state index contributed by atoms with van der Waals surface area (Å²) in [4.78, 5) is 18.0. The van der Waals surface area contributed by atoms with E-state index < -0.39 is 0 Å². The summed E-state index contributed by atoms with van der Waals surface area (Å²) in [5.41, 5.74) is 6.39. The third-order valence-corrected chi connectivity index (χ3v) is 3.75. The van der Waals surface area contributed by atoms with Crippen molar-refractivity contribution in [3.63, 3.8) is 0 Å². The van der Waals surface area contributed by atoms with Gasteiger partial charge in [-0.05, 0) is 5.56 Å². The Kier molecular flexibility index (Phi) is 4.78. The largest absolute Gasteiger partial charge is 0.409 e. The van der Waals surface area contributed by atoms with Gasteiger partial charge < -0.3 is 15.9 Å². The van der Waals surface area contributed by atoms with Crippen molar-refractivity contribution >= 4 is 17.6 Å². The molecule has 1 unspecified atom stereocenters. The lowest BCUT2D eigenvalue weighted by Crippen LogP contribution is -2.15. The predicted molar refractivity (Wildman–Crippen MR) is 77.9 cm³/mol. The number of rotatable bonds is 5. The lowest BCUT2D eigenvalue weighted by molar-refractivity contribution is 0.317. The maximum absolute atomic E-state index is 11.3. The molecule has 0 amide bonds. The molecule has 0 aliphatic carbocycles. The van der Waals surface area contributed by atoms with Crippen LogP contribution in [0.5, 0.6) is 0 Å². The minimum absolute atomic E-state index is 0.0994. The van der Waals surface area contributed by atoms with E-state index in [0.717, 1.165) is 5.56 Å². The molecule has 2 rings (SSSR count). The molecular weight excluding hydrogens is 276 g/mol. The van der Waals surface area contributed by atoms with Gasteiger partial charge >= 0.3 is 0 Å². The average molecular weight is 290 g/mol. The number of aromatic amines is 1. The van der Waals surface area contributed by atoms with Crippen LogP contribution in [0.3, 0.4) is 0 Å². The lowest BCUT2D eigenvalue weighted by atomic mass is 10.1. The number of oxime groups is 1. The number of nitrogens with zero attached hydrogens (tertiary/aromatic N) is 2. The smallest absolute Gasteiger partial charge is 0.251 e. The van der Waals surface area contributed by atoms with Crippen LogP contribution >= 0.6 is 11.8 Å². The molecule has 6 nitrogen and oxygen atoms in total. The van der Waals surface area contributed by atoms with Gasteiger partial charge in [0.15, 0.2) is 5.16 Å². The van der Waals surface area contributed by atoms with Crippen LogP contribution in [-0.4, -0.2) is 21.0 Å². The molecule has 1 aromatic heterocycles. The fourth-order valence-electron chi connectivity index (χ4n) is 1.67. The Morgan fingerprint density at radius 3 is 2.80 bits per heavy atom. The van der Waals surface area contributed by atoms with Gasteiger partial charge in [0.1, 0.15) is 5.84 Å². The third-order valence-electron chi connectivity index (χ3n) is 2.60. The quantitative estimate of drug-likeness (QED) is 0.194. The molecule has 104 valence electrons. The molecule has 4 N–H and O–H groups in total. The molecule has 1 heterocycles.